The fourth-order valence-electron chi connectivity index (χ4n) is 2.51. The fraction of sp³-hybridized carbons (Fsp3) is 0.375. The molecule has 1 aromatic rings. The van der Waals surface area contributed by atoms with Crippen molar-refractivity contribution in [2.24, 2.45) is 10.9 Å². The SMILES string of the molecule is COc1ccc(F)cc1/C=C1/N=C(C2CCOCC2)OC1=O. The molecule has 2 heterocycles. The van der Waals surface area contributed by atoms with Crippen LogP contribution in [0, 0.1) is 11.7 Å². The lowest BCUT2D eigenvalue weighted by Gasteiger charge is -2.20. The average Bonchev–Trinajstić information content (AvgIpc) is 2.90. The van der Waals surface area contributed by atoms with Gasteiger partial charge in [0.25, 0.3) is 0 Å². The summed E-state index contributed by atoms with van der Waals surface area (Å²) in [5.41, 5.74) is 0.608. The molecule has 0 atom stereocenters. The van der Waals surface area contributed by atoms with E-state index in [0.29, 0.717) is 30.4 Å². The summed E-state index contributed by atoms with van der Waals surface area (Å²) in [7, 11) is 1.49. The summed E-state index contributed by atoms with van der Waals surface area (Å²) in [6.07, 6.45) is 3.04. The Labute approximate surface area is 127 Å². The van der Waals surface area contributed by atoms with Crippen LogP contribution < -0.4 is 4.74 Å². The Balaban J connectivity index is 1.89. The van der Waals surface area contributed by atoms with E-state index in [-0.39, 0.29) is 11.6 Å². The van der Waals surface area contributed by atoms with Crippen molar-refractivity contribution in [3.63, 3.8) is 0 Å². The van der Waals surface area contributed by atoms with Crippen LogP contribution in [0.1, 0.15) is 18.4 Å². The summed E-state index contributed by atoms with van der Waals surface area (Å²) in [6, 6.07) is 4.09. The molecule has 0 amide bonds. The van der Waals surface area contributed by atoms with Crippen LogP contribution in [-0.4, -0.2) is 32.2 Å². The van der Waals surface area contributed by atoms with Crippen molar-refractivity contribution < 1.29 is 23.4 Å². The predicted molar refractivity (Wildman–Crippen MR) is 78.0 cm³/mol. The molecule has 0 N–H and O–H groups in total. The maximum Gasteiger partial charge on any atom is 0.363 e. The molecule has 2 aliphatic rings. The number of hydrogen-bond acceptors (Lipinski definition) is 5. The van der Waals surface area contributed by atoms with Crippen molar-refractivity contribution >= 4 is 17.9 Å². The van der Waals surface area contributed by atoms with Crippen LogP contribution in [0.15, 0.2) is 28.9 Å². The van der Waals surface area contributed by atoms with E-state index in [1.807, 2.05) is 0 Å². The van der Waals surface area contributed by atoms with Crippen molar-refractivity contribution in [2.75, 3.05) is 20.3 Å². The topological polar surface area (TPSA) is 57.1 Å². The summed E-state index contributed by atoms with van der Waals surface area (Å²) < 4.78 is 29.1. The molecule has 116 valence electrons. The molecule has 1 saturated heterocycles. The van der Waals surface area contributed by atoms with Crippen molar-refractivity contribution in [1.82, 2.24) is 0 Å². The van der Waals surface area contributed by atoms with E-state index in [1.54, 1.807) is 0 Å². The number of nitrogens with zero attached hydrogens (tertiary/aromatic N) is 1. The van der Waals surface area contributed by atoms with Gasteiger partial charge in [0, 0.05) is 24.7 Å². The van der Waals surface area contributed by atoms with E-state index in [2.05, 4.69) is 4.99 Å². The van der Waals surface area contributed by atoms with E-state index in [9.17, 15) is 9.18 Å². The maximum atomic E-state index is 13.4. The maximum absolute atomic E-state index is 13.4. The molecule has 0 aliphatic carbocycles. The third-order valence-corrected chi connectivity index (χ3v) is 3.69. The number of cyclic esters (lactones) is 1. The smallest absolute Gasteiger partial charge is 0.363 e. The molecule has 0 unspecified atom stereocenters. The van der Waals surface area contributed by atoms with Gasteiger partial charge in [0.05, 0.1) is 7.11 Å². The summed E-state index contributed by atoms with van der Waals surface area (Å²) in [5, 5.41) is 0. The van der Waals surface area contributed by atoms with Gasteiger partial charge in [-0.2, -0.15) is 0 Å². The molecular weight excluding hydrogens is 289 g/mol. The molecule has 3 rings (SSSR count). The molecule has 0 spiro atoms. The van der Waals surface area contributed by atoms with Crippen molar-refractivity contribution in [2.45, 2.75) is 12.8 Å². The van der Waals surface area contributed by atoms with E-state index >= 15 is 0 Å². The molecule has 1 aromatic carbocycles. The van der Waals surface area contributed by atoms with Crippen LogP contribution >= 0.6 is 0 Å². The van der Waals surface area contributed by atoms with Crippen molar-refractivity contribution in [1.29, 1.82) is 0 Å². The van der Waals surface area contributed by atoms with Gasteiger partial charge in [0.2, 0.25) is 5.90 Å². The average molecular weight is 305 g/mol. The zero-order valence-electron chi connectivity index (χ0n) is 12.2. The number of carbonyl (C=O) groups excluding carboxylic acids is 1. The largest absolute Gasteiger partial charge is 0.496 e. The first kappa shape index (κ1) is 14.7. The number of rotatable bonds is 3. The highest BCUT2D eigenvalue weighted by molar-refractivity contribution is 6.08. The molecule has 0 aromatic heterocycles. The van der Waals surface area contributed by atoms with Gasteiger partial charge in [0.1, 0.15) is 11.6 Å². The molecule has 6 heteroatoms. The number of hydrogen-bond donors (Lipinski definition) is 0. The van der Waals surface area contributed by atoms with Gasteiger partial charge in [-0.15, -0.1) is 0 Å². The van der Waals surface area contributed by atoms with Gasteiger partial charge in [-0.05, 0) is 37.1 Å². The number of halogens is 1. The minimum atomic E-state index is -0.521. The molecular formula is C16H16FNO4. The van der Waals surface area contributed by atoms with Crippen LogP contribution in [0.2, 0.25) is 0 Å². The Morgan fingerprint density at radius 3 is 2.86 bits per heavy atom. The first-order valence-electron chi connectivity index (χ1n) is 7.11. The Hall–Kier alpha value is -2.21. The number of aliphatic imine (C=N–C) groups is 1. The van der Waals surface area contributed by atoms with Gasteiger partial charge in [-0.1, -0.05) is 0 Å². The molecule has 0 bridgehead atoms. The highest BCUT2D eigenvalue weighted by atomic mass is 19.1. The highest BCUT2D eigenvalue weighted by Gasteiger charge is 2.30. The zero-order chi connectivity index (χ0) is 15.5. The Kier molecular flexibility index (Phi) is 4.20. The lowest BCUT2D eigenvalue weighted by Crippen LogP contribution is -2.24. The quantitative estimate of drug-likeness (QED) is 0.636. The third kappa shape index (κ3) is 3.01. The van der Waals surface area contributed by atoms with E-state index in [1.165, 1.54) is 31.4 Å². The van der Waals surface area contributed by atoms with Crippen molar-refractivity contribution in [3.05, 3.63) is 35.3 Å². The minimum Gasteiger partial charge on any atom is -0.496 e. The lowest BCUT2D eigenvalue weighted by atomic mass is 10.0. The Bertz CT molecular complexity index is 648. The molecule has 22 heavy (non-hydrogen) atoms. The monoisotopic (exact) mass is 305 g/mol. The van der Waals surface area contributed by atoms with Gasteiger partial charge in [0.15, 0.2) is 5.70 Å². The van der Waals surface area contributed by atoms with E-state index < -0.39 is 11.8 Å². The molecule has 2 aliphatic heterocycles. The lowest BCUT2D eigenvalue weighted by molar-refractivity contribution is -0.130. The summed E-state index contributed by atoms with van der Waals surface area (Å²) >= 11 is 0. The number of benzene rings is 1. The van der Waals surface area contributed by atoms with Crippen LogP contribution in [0.4, 0.5) is 4.39 Å². The molecule has 5 nitrogen and oxygen atoms in total. The third-order valence-electron chi connectivity index (χ3n) is 3.69. The van der Waals surface area contributed by atoms with Crippen LogP contribution in [-0.2, 0) is 14.3 Å². The van der Waals surface area contributed by atoms with Crippen LogP contribution in [0.25, 0.3) is 6.08 Å². The second-order valence-electron chi connectivity index (χ2n) is 5.14. The minimum absolute atomic E-state index is 0.0954. The highest BCUT2D eigenvalue weighted by Crippen LogP contribution is 2.27. The zero-order valence-corrected chi connectivity index (χ0v) is 12.2. The normalized spacial score (nSPS) is 20.9. The Morgan fingerprint density at radius 2 is 2.14 bits per heavy atom. The number of methoxy groups -OCH3 is 1. The first-order chi connectivity index (χ1) is 10.7. The van der Waals surface area contributed by atoms with Gasteiger partial charge in [-0.25, -0.2) is 14.2 Å². The number of esters is 1. The molecule has 1 fully saturated rings. The first-order valence-corrected chi connectivity index (χ1v) is 7.11. The van der Waals surface area contributed by atoms with E-state index in [0.717, 1.165) is 12.8 Å². The van der Waals surface area contributed by atoms with Crippen LogP contribution in [0.5, 0.6) is 5.75 Å². The standard InChI is InChI=1S/C16H16FNO4/c1-20-14-3-2-12(17)8-11(14)9-13-16(19)22-15(18-13)10-4-6-21-7-5-10/h2-3,8-10H,4-7H2,1H3/b13-9+. The van der Waals surface area contributed by atoms with Gasteiger partial charge >= 0.3 is 5.97 Å². The second kappa shape index (κ2) is 6.27. The van der Waals surface area contributed by atoms with Crippen LogP contribution in [0.3, 0.4) is 0 Å². The number of ether oxygens (including phenoxy) is 3. The summed E-state index contributed by atoms with van der Waals surface area (Å²) in [4.78, 5) is 16.2. The van der Waals surface area contributed by atoms with E-state index in [4.69, 9.17) is 14.2 Å². The molecule has 0 saturated carbocycles. The summed E-state index contributed by atoms with van der Waals surface area (Å²) in [5.74, 6) is 0.0600. The van der Waals surface area contributed by atoms with Gasteiger partial charge in [-0.3, -0.25) is 0 Å². The van der Waals surface area contributed by atoms with Crippen molar-refractivity contribution in [3.8, 4) is 5.75 Å². The second-order valence-corrected chi connectivity index (χ2v) is 5.14. The fourth-order valence-corrected chi connectivity index (χ4v) is 2.51. The predicted octanol–water partition coefficient (Wildman–Crippen LogP) is 2.56. The number of carbonyl (C=O) groups is 1. The summed E-state index contributed by atoms with van der Waals surface area (Å²) in [6.45, 7) is 1.27. The Morgan fingerprint density at radius 1 is 1.36 bits per heavy atom. The van der Waals surface area contributed by atoms with Gasteiger partial charge < -0.3 is 14.2 Å². The molecule has 0 radical (unpaired) electrons.